The van der Waals surface area contributed by atoms with E-state index in [-0.39, 0.29) is 11.5 Å². The molecule has 1 unspecified atom stereocenters. The van der Waals surface area contributed by atoms with E-state index in [2.05, 4.69) is 11.7 Å². The Kier molecular flexibility index (Phi) is 1.77. The third kappa shape index (κ3) is 1.20. The van der Waals surface area contributed by atoms with Gasteiger partial charge in [-0.25, -0.2) is 4.68 Å². The average molecular weight is 178 g/mol. The van der Waals surface area contributed by atoms with Crippen LogP contribution in [0.25, 0.3) is 6.20 Å². The highest BCUT2D eigenvalue weighted by atomic mass is 16.3. The molecule has 1 aromatic rings. The minimum absolute atomic E-state index is 0.0126. The van der Waals surface area contributed by atoms with Gasteiger partial charge in [-0.2, -0.15) is 5.10 Å². The Hall–Kier alpha value is -1.09. The highest BCUT2D eigenvalue weighted by Gasteiger charge is 2.49. The maximum atomic E-state index is 9.62. The first kappa shape index (κ1) is 8.51. The van der Waals surface area contributed by atoms with Crippen LogP contribution in [0.2, 0.25) is 0 Å². The molecule has 0 saturated heterocycles. The van der Waals surface area contributed by atoms with Crippen molar-refractivity contribution in [1.82, 2.24) is 9.78 Å². The number of nitrogens with zero attached hydrogens (tertiary/aromatic N) is 2. The summed E-state index contributed by atoms with van der Waals surface area (Å²) in [6.07, 6.45) is 7.26. The van der Waals surface area contributed by atoms with Crippen LogP contribution >= 0.6 is 0 Å². The molecule has 70 valence electrons. The second-order valence-electron chi connectivity index (χ2n) is 3.72. The second-order valence-corrected chi connectivity index (χ2v) is 3.72. The molecule has 0 radical (unpaired) electrons. The number of aromatic nitrogens is 2. The zero-order valence-electron chi connectivity index (χ0n) is 7.77. The van der Waals surface area contributed by atoms with Gasteiger partial charge in [0.2, 0.25) is 0 Å². The van der Waals surface area contributed by atoms with Gasteiger partial charge in [0.1, 0.15) is 0 Å². The smallest absolute Gasteiger partial charge is 0.0609 e. The van der Waals surface area contributed by atoms with E-state index in [0.717, 1.165) is 18.4 Å². The molecule has 3 heteroatoms. The fraction of sp³-hybridized carbons (Fsp3) is 0.500. The van der Waals surface area contributed by atoms with E-state index in [0.29, 0.717) is 0 Å². The SMILES string of the molecule is C=Cn1cc(C2(C(C)O)CC2)cn1. The van der Waals surface area contributed by atoms with Crippen molar-refractivity contribution in [2.45, 2.75) is 31.3 Å². The first-order chi connectivity index (χ1) is 6.19. The molecule has 1 heterocycles. The van der Waals surface area contributed by atoms with Crippen LogP contribution < -0.4 is 0 Å². The Morgan fingerprint density at radius 2 is 2.46 bits per heavy atom. The van der Waals surface area contributed by atoms with E-state index >= 15 is 0 Å². The summed E-state index contributed by atoms with van der Waals surface area (Å²) < 4.78 is 1.68. The average Bonchev–Trinajstić information content (AvgIpc) is 2.79. The molecule has 1 fully saturated rings. The monoisotopic (exact) mass is 178 g/mol. The van der Waals surface area contributed by atoms with Gasteiger partial charge >= 0.3 is 0 Å². The van der Waals surface area contributed by atoms with Gasteiger partial charge in [0, 0.05) is 17.8 Å². The van der Waals surface area contributed by atoms with E-state index in [1.54, 1.807) is 10.9 Å². The molecule has 3 nitrogen and oxygen atoms in total. The Labute approximate surface area is 77.7 Å². The molecular formula is C10H14N2O. The molecule has 1 aromatic heterocycles. The van der Waals surface area contributed by atoms with E-state index < -0.39 is 0 Å². The third-order valence-electron chi connectivity index (χ3n) is 2.95. The maximum Gasteiger partial charge on any atom is 0.0609 e. The van der Waals surface area contributed by atoms with Gasteiger partial charge in [0.15, 0.2) is 0 Å². The normalized spacial score (nSPS) is 21.1. The fourth-order valence-corrected chi connectivity index (χ4v) is 1.78. The Bertz CT molecular complexity index is 323. The lowest BCUT2D eigenvalue weighted by molar-refractivity contribution is 0.150. The summed E-state index contributed by atoms with van der Waals surface area (Å²) in [7, 11) is 0. The topological polar surface area (TPSA) is 38.0 Å². The number of aliphatic hydroxyl groups excluding tert-OH is 1. The van der Waals surface area contributed by atoms with Crippen molar-refractivity contribution < 1.29 is 5.11 Å². The summed E-state index contributed by atoms with van der Waals surface area (Å²) in [5.41, 5.74) is 1.11. The predicted molar refractivity (Wildman–Crippen MR) is 51.2 cm³/mol. The van der Waals surface area contributed by atoms with Gasteiger partial charge in [-0.05, 0) is 25.3 Å². The summed E-state index contributed by atoms with van der Waals surface area (Å²) in [5, 5.41) is 13.7. The van der Waals surface area contributed by atoms with E-state index in [4.69, 9.17) is 0 Å². The minimum atomic E-state index is -0.282. The standard InChI is InChI=1S/C10H14N2O/c1-3-12-7-9(6-11-12)10(4-5-10)8(2)13/h3,6-8,13H,1,4-5H2,2H3. The van der Waals surface area contributed by atoms with Gasteiger partial charge in [-0.3, -0.25) is 0 Å². The minimum Gasteiger partial charge on any atom is -0.392 e. The Morgan fingerprint density at radius 3 is 2.85 bits per heavy atom. The lowest BCUT2D eigenvalue weighted by Gasteiger charge is -2.15. The molecule has 0 aliphatic heterocycles. The van der Waals surface area contributed by atoms with Crippen LogP contribution in [0.5, 0.6) is 0 Å². The first-order valence-electron chi connectivity index (χ1n) is 4.54. The van der Waals surface area contributed by atoms with Crippen molar-refractivity contribution in [1.29, 1.82) is 0 Å². The van der Waals surface area contributed by atoms with Crippen molar-refractivity contribution in [2.75, 3.05) is 0 Å². The molecule has 0 spiro atoms. The maximum absolute atomic E-state index is 9.62. The van der Waals surface area contributed by atoms with Crippen LogP contribution in [0.3, 0.4) is 0 Å². The van der Waals surface area contributed by atoms with Crippen LogP contribution in [0.15, 0.2) is 19.0 Å². The van der Waals surface area contributed by atoms with E-state index in [1.807, 2.05) is 19.3 Å². The highest BCUT2D eigenvalue weighted by Crippen LogP contribution is 2.50. The van der Waals surface area contributed by atoms with Crippen molar-refractivity contribution in [3.8, 4) is 0 Å². The molecule has 0 bridgehead atoms. The van der Waals surface area contributed by atoms with Crippen molar-refractivity contribution in [3.63, 3.8) is 0 Å². The zero-order chi connectivity index (χ0) is 9.47. The largest absolute Gasteiger partial charge is 0.392 e. The lowest BCUT2D eigenvalue weighted by atomic mass is 9.94. The van der Waals surface area contributed by atoms with Gasteiger partial charge < -0.3 is 5.11 Å². The van der Waals surface area contributed by atoms with Crippen LogP contribution in [0.1, 0.15) is 25.3 Å². The Morgan fingerprint density at radius 1 is 1.77 bits per heavy atom. The lowest BCUT2D eigenvalue weighted by Crippen LogP contribution is -2.21. The fourth-order valence-electron chi connectivity index (χ4n) is 1.78. The molecule has 1 aliphatic carbocycles. The molecule has 1 atom stereocenters. The predicted octanol–water partition coefficient (Wildman–Crippen LogP) is 1.40. The van der Waals surface area contributed by atoms with Crippen molar-refractivity contribution in [3.05, 3.63) is 24.5 Å². The van der Waals surface area contributed by atoms with E-state index in [9.17, 15) is 5.11 Å². The number of hydrogen-bond acceptors (Lipinski definition) is 2. The highest BCUT2D eigenvalue weighted by molar-refractivity contribution is 5.31. The molecule has 1 N–H and O–H groups in total. The van der Waals surface area contributed by atoms with Crippen LogP contribution in [0, 0.1) is 0 Å². The van der Waals surface area contributed by atoms with Gasteiger partial charge in [-0.15, -0.1) is 0 Å². The van der Waals surface area contributed by atoms with Gasteiger partial charge in [0.05, 0.1) is 12.3 Å². The molecule has 1 saturated carbocycles. The summed E-state index contributed by atoms with van der Waals surface area (Å²) in [6, 6.07) is 0. The quantitative estimate of drug-likeness (QED) is 0.759. The first-order valence-corrected chi connectivity index (χ1v) is 4.54. The van der Waals surface area contributed by atoms with Crippen LogP contribution in [-0.2, 0) is 5.41 Å². The number of rotatable bonds is 3. The summed E-state index contributed by atoms with van der Waals surface area (Å²) in [6.45, 7) is 5.48. The third-order valence-corrected chi connectivity index (χ3v) is 2.95. The Balaban J connectivity index is 2.30. The molecule has 2 rings (SSSR count). The zero-order valence-corrected chi connectivity index (χ0v) is 7.77. The number of aliphatic hydroxyl groups is 1. The second kappa shape index (κ2) is 2.70. The van der Waals surface area contributed by atoms with Gasteiger partial charge in [-0.1, -0.05) is 6.58 Å². The molecule has 0 amide bonds. The van der Waals surface area contributed by atoms with Crippen molar-refractivity contribution in [2.24, 2.45) is 0 Å². The summed E-state index contributed by atoms with van der Waals surface area (Å²) in [4.78, 5) is 0. The van der Waals surface area contributed by atoms with Gasteiger partial charge in [0.25, 0.3) is 0 Å². The summed E-state index contributed by atoms with van der Waals surface area (Å²) >= 11 is 0. The molecule has 0 aromatic carbocycles. The van der Waals surface area contributed by atoms with Crippen LogP contribution in [-0.4, -0.2) is 21.0 Å². The number of hydrogen-bond donors (Lipinski definition) is 1. The molecule has 13 heavy (non-hydrogen) atoms. The molecule has 1 aliphatic rings. The molecular weight excluding hydrogens is 164 g/mol. The van der Waals surface area contributed by atoms with E-state index in [1.165, 1.54) is 0 Å². The van der Waals surface area contributed by atoms with Crippen LogP contribution in [0.4, 0.5) is 0 Å². The summed E-state index contributed by atoms with van der Waals surface area (Å²) in [5.74, 6) is 0. The van der Waals surface area contributed by atoms with Crippen molar-refractivity contribution >= 4 is 6.20 Å².